The fraction of sp³-hybridized carbons (Fsp3) is 0.167. The summed E-state index contributed by atoms with van der Waals surface area (Å²) in [4.78, 5) is 8.08. The average molecular weight is 215 g/mol. The number of aromatic nitrogens is 2. The lowest BCUT2D eigenvalue weighted by atomic mass is 10.2. The second kappa shape index (κ2) is 4.18. The van der Waals surface area contributed by atoms with Crippen LogP contribution in [0.1, 0.15) is 11.3 Å². The Hall–Kier alpha value is -2.10. The van der Waals surface area contributed by atoms with Crippen LogP contribution in [0.5, 0.6) is 5.75 Å². The van der Waals surface area contributed by atoms with E-state index in [1.807, 2.05) is 32.0 Å². The molecule has 2 aromatic rings. The SMILES string of the molecule is Cc1ccc(O)c(Nc2cc(C)ncn2)c1. The van der Waals surface area contributed by atoms with E-state index in [9.17, 15) is 5.11 Å². The van der Waals surface area contributed by atoms with Crippen molar-refractivity contribution in [2.75, 3.05) is 5.32 Å². The largest absolute Gasteiger partial charge is 0.506 e. The molecule has 0 saturated carbocycles. The van der Waals surface area contributed by atoms with E-state index < -0.39 is 0 Å². The number of aromatic hydroxyl groups is 1. The minimum Gasteiger partial charge on any atom is -0.506 e. The Balaban J connectivity index is 2.30. The van der Waals surface area contributed by atoms with E-state index in [2.05, 4.69) is 15.3 Å². The van der Waals surface area contributed by atoms with Crippen LogP contribution in [0.3, 0.4) is 0 Å². The first-order valence-corrected chi connectivity index (χ1v) is 5.00. The Morgan fingerprint density at radius 3 is 2.69 bits per heavy atom. The molecule has 0 unspecified atom stereocenters. The van der Waals surface area contributed by atoms with Crippen molar-refractivity contribution in [1.29, 1.82) is 0 Å². The van der Waals surface area contributed by atoms with Crippen molar-refractivity contribution < 1.29 is 5.11 Å². The van der Waals surface area contributed by atoms with E-state index in [4.69, 9.17) is 0 Å². The summed E-state index contributed by atoms with van der Waals surface area (Å²) in [7, 11) is 0. The van der Waals surface area contributed by atoms with Gasteiger partial charge in [0.15, 0.2) is 0 Å². The molecule has 16 heavy (non-hydrogen) atoms. The van der Waals surface area contributed by atoms with E-state index in [0.717, 1.165) is 11.3 Å². The minimum atomic E-state index is 0.210. The average Bonchev–Trinajstić information content (AvgIpc) is 2.24. The number of phenolic OH excluding ortho intramolecular Hbond substituents is 1. The first-order chi connectivity index (χ1) is 7.65. The van der Waals surface area contributed by atoms with Crippen LogP contribution < -0.4 is 5.32 Å². The summed E-state index contributed by atoms with van der Waals surface area (Å²) in [5.41, 5.74) is 2.61. The van der Waals surface area contributed by atoms with Crippen molar-refractivity contribution >= 4 is 11.5 Å². The summed E-state index contributed by atoms with van der Waals surface area (Å²) in [5, 5.41) is 12.7. The van der Waals surface area contributed by atoms with Crippen molar-refractivity contribution in [1.82, 2.24) is 9.97 Å². The third-order valence-corrected chi connectivity index (χ3v) is 2.22. The van der Waals surface area contributed by atoms with Crippen molar-refractivity contribution in [3.63, 3.8) is 0 Å². The Kier molecular flexibility index (Phi) is 2.72. The lowest BCUT2D eigenvalue weighted by molar-refractivity contribution is 0.477. The standard InChI is InChI=1S/C12H13N3O/c1-8-3-4-11(16)10(5-8)15-12-6-9(2)13-7-14-12/h3-7,16H,1-2H3,(H,13,14,15). The first-order valence-electron chi connectivity index (χ1n) is 5.00. The monoisotopic (exact) mass is 215 g/mol. The normalized spacial score (nSPS) is 10.1. The molecule has 1 heterocycles. The molecule has 4 heteroatoms. The number of benzene rings is 1. The van der Waals surface area contributed by atoms with Crippen LogP contribution in [0.25, 0.3) is 0 Å². The lowest BCUT2D eigenvalue weighted by Gasteiger charge is -2.08. The second-order valence-electron chi connectivity index (χ2n) is 3.69. The highest BCUT2D eigenvalue weighted by molar-refractivity contribution is 5.64. The van der Waals surface area contributed by atoms with Crippen LogP contribution in [0.4, 0.5) is 11.5 Å². The number of aryl methyl sites for hydroxylation is 2. The summed E-state index contributed by atoms with van der Waals surface area (Å²) >= 11 is 0. The zero-order valence-electron chi connectivity index (χ0n) is 9.23. The van der Waals surface area contributed by atoms with Gasteiger partial charge < -0.3 is 10.4 Å². The predicted molar refractivity (Wildman–Crippen MR) is 62.9 cm³/mol. The molecule has 0 saturated heterocycles. The molecule has 0 fully saturated rings. The molecule has 0 aliphatic carbocycles. The third kappa shape index (κ3) is 2.28. The quantitative estimate of drug-likeness (QED) is 0.756. The molecule has 0 aliphatic rings. The highest BCUT2D eigenvalue weighted by atomic mass is 16.3. The number of anilines is 2. The summed E-state index contributed by atoms with van der Waals surface area (Å²) < 4.78 is 0. The molecule has 0 atom stereocenters. The molecule has 0 amide bonds. The summed E-state index contributed by atoms with van der Waals surface area (Å²) in [6, 6.07) is 7.20. The predicted octanol–water partition coefficient (Wildman–Crippen LogP) is 2.54. The Bertz CT molecular complexity index is 511. The van der Waals surface area contributed by atoms with Gasteiger partial charge in [-0.05, 0) is 31.5 Å². The number of nitrogens with one attached hydrogen (secondary N) is 1. The second-order valence-corrected chi connectivity index (χ2v) is 3.69. The van der Waals surface area contributed by atoms with E-state index in [1.54, 1.807) is 6.07 Å². The van der Waals surface area contributed by atoms with E-state index in [1.165, 1.54) is 6.33 Å². The summed E-state index contributed by atoms with van der Waals surface area (Å²) in [6.07, 6.45) is 1.49. The van der Waals surface area contributed by atoms with Gasteiger partial charge in [0.25, 0.3) is 0 Å². The van der Waals surface area contributed by atoms with Crippen molar-refractivity contribution in [2.24, 2.45) is 0 Å². The number of hydrogen-bond donors (Lipinski definition) is 2. The van der Waals surface area contributed by atoms with Crippen LogP contribution in [-0.2, 0) is 0 Å². The number of rotatable bonds is 2. The Morgan fingerprint density at radius 2 is 1.94 bits per heavy atom. The minimum absolute atomic E-state index is 0.210. The van der Waals surface area contributed by atoms with Gasteiger partial charge in [-0.2, -0.15) is 0 Å². The van der Waals surface area contributed by atoms with Crippen molar-refractivity contribution in [2.45, 2.75) is 13.8 Å². The summed E-state index contributed by atoms with van der Waals surface area (Å²) in [5.74, 6) is 0.885. The zero-order valence-corrected chi connectivity index (χ0v) is 9.23. The number of hydrogen-bond acceptors (Lipinski definition) is 4. The van der Waals surface area contributed by atoms with E-state index in [-0.39, 0.29) is 5.75 Å². The van der Waals surface area contributed by atoms with Gasteiger partial charge in [0.05, 0.1) is 5.69 Å². The molecular weight excluding hydrogens is 202 g/mol. The maximum absolute atomic E-state index is 9.66. The molecule has 82 valence electrons. The maximum Gasteiger partial charge on any atom is 0.139 e. The van der Waals surface area contributed by atoms with Gasteiger partial charge in [-0.15, -0.1) is 0 Å². The molecule has 0 aliphatic heterocycles. The third-order valence-electron chi connectivity index (χ3n) is 2.22. The Morgan fingerprint density at radius 1 is 1.12 bits per heavy atom. The van der Waals surface area contributed by atoms with Crippen LogP contribution >= 0.6 is 0 Å². The summed E-state index contributed by atoms with van der Waals surface area (Å²) in [6.45, 7) is 3.86. The molecule has 0 radical (unpaired) electrons. The topological polar surface area (TPSA) is 58.0 Å². The van der Waals surface area contributed by atoms with Crippen molar-refractivity contribution in [3.8, 4) is 5.75 Å². The fourth-order valence-corrected chi connectivity index (χ4v) is 1.41. The highest BCUT2D eigenvalue weighted by Crippen LogP contribution is 2.26. The molecule has 2 N–H and O–H groups in total. The zero-order chi connectivity index (χ0) is 11.5. The lowest BCUT2D eigenvalue weighted by Crippen LogP contribution is -1.95. The van der Waals surface area contributed by atoms with Gasteiger partial charge >= 0.3 is 0 Å². The number of phenols is 1. The van der Waals surface area contributed by atoms with Gasteiger partial charge in [-0.25, -0.2) is 9.97 Å². The molecular formula is C12H13N3O. The van der Waals surface area contributed by atoms with Crippen LogP contribution in [0.15, 0.2) is 30.6 Å². The maximum atomic E-state index is 9.66. The van der Waals surface area contributed by atoms with Crippen LogP contribution in [0.2, 0.25) is 0 Å². The molecule has 0 spiro atoms. The van der Waals surface area contributed by atoms with Crippen molar-refractivity contribution in [3.05, 3.63) is 41.9 Å². The molecule has 1 aromatic carbocycles. The van der Waals surface area contributed by atoms with Gasteiger partial charge in [0.1, 0.15) is 17.9 Å². The smallest absolute Gasteiger partial charge is 0.139 e. The van der Waals surface area contributed by atoms with E-state index >= 15 is 0 Å². The van der Waals surface area contributed by atoms with Gasteiger partial charge in [-0.1, -0.05) is 6.07 Å². The highest BCUT2D eigenvalue weighted by Gasteiger charge is 2.02. The van der Waals surface area contributed by atoms with Gasteiger partial charge in [0.2, 0.25) is 0 Å². The molecule has 1 aromatic heterocycles. The van der Waals surface area contributed by atoms with Crippen LogP contribution in [-0.4, -0.2) is 15.1 Å². The molecule has 2 rings (SSSR count). The molecule has 4 nitrogen and oxygen atoms in total. The fourth-order valence-electron chi connectivity index (χ4n) is 1.41. The molecule has 0 bridgehead atoms. The Labute approximate surface area is 94.0 Å². The number of nitrogens with zero attached hydrogens (tertiary/aromatic N) is 2. The van der Waals surface area contributed by atoms with Crippen LogP contribution in [0, 0.1) is 13.8 Å². The first kappa shape index (κ1) is 10.4. The van der Waals surface area contributed by atoms with Gasteiger partial charge in [0, 0.05) is 11.8 Å². The van der Waals surface area contributed by atoms with E-state index in [0.29, 0.717) is 11.5 Å². The van der Waals surface area contributed by atoms with Gasteiger partial charge in [-0.3, -0.25) is 0 Å².